The van der Waals surface area contributed by atoms with Gasteiger partial charge < -0.3 is 19.3 Å². The van der Waals surface area contributed by atoms with Crippen LogP contribution in [0.5, 0.6) is 0 Å². The molecule has 0 bridgehead atoms. The quantitative estimate of drug-likeness (QED) is 0.891. The maximum absolute atomic E-state index is 13.5. The average Bonchev–Trinajstić information content (AvgIpc) is 2.93. The first kappa shape index (κ1) is 17.6. The Morgan fingerprint density at radius 2 is 2.12 bits per heavy atom. The summed E-state index contributed by atoms with van der Waals surface area (Å²) in [4.78, 5) is 23.7. The first-order valence-electron chi connectivity index (χ1n) is 7.88. The Morgan fingerprint density at radius 1 is 1.32 bits per heavy atom. The van der Waals surface area contributed by atoms with Gasteiger partial charge >= 0.3 is 12.2 Å². The Balaban J connectivity index is 1.80. The van der Waals surface area contributed by atoms with Crippen LogP contribution in [0.3, 0.4) is 0 Å². The predicted molar refractivity (Wildman–Crippen MR) is 78.8 cm³/mol. The standard InChI is InChI=1S/C16H17F2NO6/c17-10-5-4-9(7-11(10)18)14-12(25-16(22)19(14)15(20)21)8-24-13-3-1-2-6-23-13/h4-5,7,12-14H,1-3,6,8H2,(H,20,21). The van der Waals surface area contributed by atoms with E-state index in [0.717, 1.165) is 25.0 Å². The van der Waals surface area contributed by atoms with Gasteiger partial charge in [-0.3, -0.25) is 0 Å². The fourth-order valence-corrected chi connectivity index (χ4v) is 2.96. The van der Waals surface area contributed by atoms with Crippen molar-refractivity contribution in [3.05, 3.63) is 35.4 Å². The second-order valence-electron chi connectivity index (χ2n) is 5.82. The van der Waals surface area contributed by atoms with Gasteiger partial charge in [0.2, 0.25) is 0 Å². The summed E-state index contributed by atoms with van der Waals surface area (Å²) in [6.45, 7) is 0.437. The van der Waals surface area contributed by atoms with E-state index >= 15 is 0 Å². The van der Waals surface area contributed by atoms with E-state index < -0.39 is 42.3 Å². The smallest absolute Gasteiger partial charge is 0.420 e. The number of carboxylic acid groups (broad SMARTS) is 1. The zero-order chi connectivity index (χ0) is 18.0. The highest BCUT2D eigenvalue weighted by Gasteiger charge is 2.47. The van der Waals surface area contributed by atoms with E-state index in [9.17, 15) is 23.5 Å². The molecule has 0 spiro atoms. The molecule has 0 radical (unpaired) electrons. The summed E-state index contributed by atoms with van der Waals surface area (Å²) in [6.07, 6.45) is -1.53. The number of carbonyl (C=O) groups is 2. The van der Waals surface area contributed by atoms with Gasteiger partial charge in [-0.2, -0.15) is 0 Å². The molecular formula is C16H17F2NO6. The molecule has 1 aromatic carbocycles. The fraction of sp³-hybridized carbons (Fsp3) is 0.500. The molecule has 3 atom stereocenters. The van der Waals surface area contributed by atoms with Crippen molar-refractivity contribution in [3.63, 3.8) is 0 Å². The largest absolute Gasteiger partial charge is 0.465 e. The maximum atomic E-state index is 13.5. The molecule has 136 valence electrons. The van der Waals surface area contributed by atoms with Crippen LogP contribution in [0.4, 0.5) is 18.4 Å². The highest BCUT2D eigenvalue weighted by atomic mass is 19.2. The lowest BCUT2D eigenvalue weighted by atomic mass is 10.0. The second kappa shape index (κ2) is 7.32. The third-order valence-electron chi connectivity index (χ3n) is 4.15. The van der Waals surface area contributed by atoms with Crippen molar-refractivity contribution < 1.29 is 37.7 Å². The summed E-state index contributed by atoms with van der Waals surface area (Å²) in [7, 11) is 0. The summed E-state index contributed by atoms with van der Waals surface area (Å²) in [5.41, 5.74) is 0.102. The van der Waals surface area contributed by atoms with Crippen LogP contribution in [-0.4, -0.2) is 47.8 Å². The average molecular weight is 357 g/mol. The fourth-order valence-electron chi connectivity index (χ4n) is 2.96. The van der Waals surface area contributed by atoms with Crippen LogP contribution in [0.1, 0.15) is 30.9 Å². The molecule has 2 saturated heterocycles. The number of cyclic esters (lactones) is 1. The normalized spacial score (nSPS) is 26.6. The summed E-state index contributed by atoms with van der Waals surface area (Å²) in [5, 5.41) is 9.27. The molecule has 2 amide bonds. The lowest BCUT2D eigenvalue weighted by molar-refractivity contribution is -0.174. The number of rotatable bonds is 4. The van der Waals surface area contributed by atoms with Crippen molar-refractivity contribution in [1.82, 2.24) is 4.90 Å². The van der Waals surface area contributed by atoms with Crippen LogP contribution in [0.2, 0.25) is 0 Å². The Bertz CT molecular complexity index is 664. The Labute approximate surface area is 142 Å². The first-order valence-corrected chi connectivity index (χ1v) is 7.88. The zero-order valence-corrected chi connectivity index (χ0v) is 13.2. The molecule has 2 aliphatic heterocycles. The van der Waals surface area contributed by atoms with E-state index in [2.05, 4.69) is 0 Å². The molecule has 25 heavy (non-hydrogen) atoms. The van der Waals surface area contributed by atoms with Crippen molar-refractivity contribution in [2.75, 3.05) is 13.2 Å². The van der Waals surface area contributed by atoms with Crippen LogP contribution in [-0.2, 0) is 14.2 Å². The Hall–Kier alpha value is -2.26. The molecule has 1 aromatic rings. The van der Waals surface area contributed by atoms with E-state index in [4.69, 9.17) is 14.2 Å². The molecule has 0 saturated carbocycles. The predicted octanol–water partition coefficient (Wildman–Crippen LogP) is 3.05. The molecule has 3 rings (SSSR count). The van der Waals surface area contributed by atoms with E-state index in [1.165, 1.54) is 6.07 Å². The minimum atomic E-state index is -1.55. The van der Waals surface area contributed by atoms with Crippen molar-refractivity contribution in [1.29, 1.82) is 0 Å². The molecule has 1 N–H and O–H groups in total. The number of imide groups is 1. The number of amides is 2. The zero-order valence-electron chi connectivity index (χ0n) is 13.2. The molecule has 2 heterocycles. The SMILES string of the molecule is O=C(O)N1C(=O)OC(COC2CCCCO2)C1c1ccc(F)c(F)c1. The minimum absolute atomic E-state index is 0.102. The summed E-state index contributed by atoms with van der Waals surface area (Å²) in [6, 6.07) is 1.80. The minimum Gasteiger partial charge on any atom is -0.465 e. The van der Waals surface area contributed by atoms with Gasteiger partial charge in [0.05, 0.1) is 6.61 Å². The Morgan fingerprint density at radius 3 is 2.76 bits per heavy atom. The van der Waals surface area contributed by atoms with Crippen LogP contribution in [0.15, 0.2) is 18.2 Å². The van der Waals surface area contributed by atoms with Gasteiger partial charge in [0.1, 0.15) is 6.04 Å². The van der Waals surface area contributed by atoms with Gasteiger partial charge in [0.25, 0.3) is 0 Å². The van der Waals surface area contributed by atoms with Crippen LogP contribution in [0, 0.1) is 11.6 Å². The van der Waals surface area contributed by atoms with Gasteiger partial charge in [-0.15, -0.1) is 0 Å². The molecular weight excluding hydrogens is 340 g/mol. The van der Waals surface area contributed by atoms with Crippen LogP contribution >= 0.6 is 0 Å². The molecule has 3 unspecified atom stereocenters. The third kappa shape index (κ3) is 3.72. The highest BCUT2D eigenvalue weighted by Crippen LogP contribution is 2.34. The van der Waals surface area contributed by atoms with E-state index in [1.807, 2.05) is 0 Å². The van der Waals surface area contributed by atoms with E-state index in [1.54, 1.807) is 0 Å². The molecule has 2 aliphatic rings. The van der Waals surface area contributed by atoms with Crippen molar-refractivity contribution >= 4 is 12.2 Å². The topological polar surface area (TPSA) is 85.3 Å². The summed E-state index contributed by atoms with van der Waals surface area (Å²) < 4.78 is 42.8. The lowest BCUT2D eigenvalue weighted by Crippen LogP contribution is -2.36. The third-order valence-corrected chi connectivity index (χ3v) is 4.15. The Kier molecular flexibility index (Phi) is 5.14. The van der Waals surface area contributed by atoms with Gasteiger partial charge in [0.15, 0.2) is 24.0 Å². The number of hydrogen-bond donors (Lipinski definition) is 1. The monoisotopic (exact) mass is 357 g/mol. The van der Waals surface area contributed by atoms with Crippen LogP contribution < -0.4 is 0 Å². The number of halogens is 2. The van der Waals surface area contributed by atoms with Gasteiger partial charge in [-0.25, -0.2) is 23.3 Å². The van der Waals surface area contributed by atoms with Gasteiger partial charge in [0, 0.05) is 6.61 Å². The number of benzene rings is 1. The molecule has 2 fully saturated rings. The lowest BCUT2D eigenvalue weighted by Gasteiger charge is -2.26. The van der Waals surface area contributed by atoms with Crippen LogP contribution in [0.25, 0.3) is 0 Å². The molecule has 0 aromatic heterocycles. The summed E-state index contributed by atoms with van der Waals surface area (Å²) in [5.74, 6) is -2.21. The summed E-state index contributed by atoms with van der Waals surface area (Å²) >= 11 is 0. The molecule has 0 aliphatic carbocycles. The second-order valence-corrected chi connectivity index (χ2v) is 5.82. The highest BCUT2D eigenvalue weighted by molar-refractivity contribution is 5.89. The first-order chi connectivity index (χ1) is 12.0. The molecule has 9 heteroatoms. The molecule has 7 nitrogen and oxygen atoms in total. The van der Waals surface area contributed by atoms with E-state index in [0.29, 0.717) is 17.9 Å². The van der Waals surface area contributed by atoms with Crippen molar-refractivity contribution in [3.8, 4) is 0 Å². The number of hydrogen-bond acceptors (Lipinski definition) is 5. The number of ether oxygens (including phenoxy) is 3. The number of nitrogens with zero attached hydrogens (tertiary/aromatic N) is 1. The number of carbonyl (C=O) groups excluding carboxylic acids is 1. The van der Waals surface area contributed by atoms with E-state index in [-0.39, 0.29) is 12.2 Å². The van der Waals surface area contributed by atoms with Gasteiger partial charge in [-0.05, 0) is 37.0 Å². The maximum Gasteiger partial charge on any atom is 0.420 e. The van der Waals surface area contributed by atoms with Gasteiger partial charge in [-0.1, -0.05) is 6.07 Å². The van der Waals surface area contributed by atoms with Crippen molar-refractivity contribution in [2.24, 2.45) is 0 Å². The van der Waals surface area contributed by atoms with Crippen molar-refractivity contribution in [2.45, 2.75) is 37.7 Å².